The number of hydrogen-bond acceptors (Lipinski definition) is 6. The molecular weight excluding hydrogens is 468 g/mol. The second-order valence-corrected chi connectivity index (χ2v) is 10.1. The third-order valence-corrected chi connectivity index (χ3v) is 7.68. The number of methoxy groups -OCH3 is 2. The third-order valence-electron chi connectivity index (χ3n) is 5.89. The van der Waals surface area contributed by atoms with E-state index < -0.39 is 22.0 Å². The molecule has 3 aromatic carbocycles. The zero-order chi connectivity index (χ0) is 25.2. The maximum Gasteiger partial charge on any atom is 0.264 e. The Bertz CT molecular complexity index is 1320. The Morgan fingerprint density at radius 2 is 1.77 bits per heavy atom. The van der Waals surface area contributed by atoms with Gasteiger partial charge in [0.2, 0.25) is 0 Å². The number of fused-ring (bicyclic) bond motifs is 1. The van der Waals surface area contributed by atoms with Gasteiger partial charge >= 0.3 is 0 Å². The van der Waals surface area contributed by atoms with Gasteiger partial charge in [-0.15, -0.1) is 0 Å². The number of nitrogens with zero attached hydrogens (tertiary/aromatic N) is 1. The molecule has 1 aliphatic heterocycles. The molecule has 0 fully saturated rings. The molecular formula is C26H28N2O6S. The normalized spacial score (nSPS) is 16.0. The van der Waals surface area contributed by atoms with Crippen LogP contribution in [0.4, 0.5) is 5.69 Å². The predicted octanol–water partition coefficient (Wildman–Crippen LogP) is 3.85. The molecule has 4 rings (SSSR count). The third kappa shape index (κ3) is 4.90. The summed E-state index contributed by atoms with van der Waals surface area (Å²) in [6.07, 6.45) is -1.05. The van der Waals surface area contributed by atoms with E-state index in [4.69, 9.17) is 14.2 Å². The van der Waals surface area contributed by atoms with Crippen LogP contribution in [-0.2, 0) is 14.8 Å². The first kappa shape index (κ1) is 24.4. The SMILES string of the molecule is COc1ccc(S(=O)(=O)N2C[C@H](C(=O)N[C@@H](C)c3ccccc3OC)Oc3cc(C)ccc32)cc1. The Morgan fingerprint density at radius 1 is 1.06 bits per heavy atom. The number of nitrogens with one attached hydrogen (secondary N) is 1. The zero-order valence-electron chi connectivity index (χ0n) is 20.0. The predicted molar refractivity (Wildman–Crippen MR) is 133 cm³/mol. The molecule has 2 atom stereocenters. The fourth-order valence-electron chi connectivity index (χ4n) is 4.01. The lowest BCUT2D eigenvalue weighted by molar-refractivity contribution is -0.128. The van der Waals surface area contributed by atoms with Crippen LogP contribution in [0.15, 0.2) is 71.6 Å². The van der Waals surface area contributed by atoms with Crippen LogP contribution in [0.1, 0.15) is 24.1 Å². The largest absolute Gasteiger partial charge is 0.497 e. The molecule has 0 saturated heterocycles. The van der Waals surface area contributed by atoms with Gasteiger partial charge in [-0.05, 0) is 61.9 Å². The first-order chi connectivity index (χ1) is 16.7. The summed E-state index contributed by atoms with van der Waals surface area (Å²) < 4.78 is 45.0. The van der Waals surface area contributed by atoms with Crippen molar-refractivity contribution in [1.82, 2.24) is 5.32 Å². The van der Waals surface area contributed by atoms with Gasteiger partial charge in [0.25, 0.3) is 15.9 Å². The minimum atomic E-state index is -3.97. The molecule has 3 aromatic rings. The highest BCUT2D eigenvalue weighted by Gasteiger charge is 2.38. The Kier molecular flexibility index (Phi) is 6.88. The van der Waals surface area contributed by atoms with E-state index in [1.807, 2.05) is 44.2 Å². The number of amides is 1. The topological polar surface area (TPSA) is 94.2 Å². The lowest BCUT2D eigenvalue weighted by atomic mass is 10.1. The molecule has 8 nitrogen and oxygen atoms in total. The summed E-state index contributed by atoms with van der Waals surface area (Å²) in [4.78, 5) is 13.3. The highest BCUT2D eigenvalue weighted by Crippen LogP contribution is 2.38. The van der Waals surface area contributed by atoms with Crippen molar-refractivity contribution in [2.24, 2.45) is 0 Å². The fraction of sp³-hybridized carbons (Fsp3) is 0.269. The Labute approximate surface area is 205 Å². The maximum atomic E-state index is 13.6. The lowest BCUT2D eigenvalue weighted by Crippen LogP contribution is -2.51. The Hall–Kier alpha value is -3.72. The fourth-order valence-corrected chi connectivity index (χ4v) is 5.48. The number of para-hydroxylation sites is 1. The average molecular weight is 497 g/mol. The lowest BCUT2D eigenvalue weighted by Gasteiger charge is -2.35. The van der Waals surface area contributed by atoms with Gasteiger partial charge in [0.1, 0.15) is 17.2 Å². The van der Waals surface area contributed by atoms with Crippen LogP contribution in [0.3, 0.4) is 0 Å². The average Bonchev–Trinajstić information content (AvgIpc) is 2.87. The van der Waals surface area contributed by atoms with Gasteiger partial charge in [0, 0.05) is 5.56 Å². The summed E-state index contributed by atoms with van der Waals surface area (Å²) in [5.41, 5.74) is 2.07. The Morgan fingerprint density at radius 3 is 2.46 bits per heavy atom. The molecule has 0 aliphatic carbocycles. The van der Waals surface area contributed by atoms with Crippen molar-refractivity contribution in [2.45, 2.75) is 30.9 Å². The van der Waals surface area contributed by atoms with Gasteiger partial charge in [0.15, 0.2) is 6.10 Å². The first-order valence-electron chi connectivity index (χ1n) is 11.1. The van der Waals surface area contributed by atoms with E-state index >= 15 is 0 Å². The first-order valence-corrected chi connectivity index (χ1v) is 12.6. The number of benzene rings is 3. The van der Waals surface area contributed by atoms with Crippen LogP contribution in [0.25, 0.3) is 0 Å². The quantitative estimate of drug-likeness (QED) is 0.534. The van der Waals surface area contributed by atoms with Crippen molar-refractivity contribution in [3.05, 3.63) is 77.9 Å². The molecule has 0 radical (unpaired) electrons. The standard InChI is InChI=1S/C26H28N2O6S/c1-17-9-14-22-24(15-17)34-25(26(29)27-18(2)21-7-5-6-8-23(21)33-4)16-28(22)35(30,31)20-12-10-19(32-3)11-13-20/h5-15,18,25H,16H2,1-4H3,(H,27,29)/t18-,25+/m0/s1. The second kappa shape index (κ2) is 9.87. The van der Waals surface area contributed by atoms with Gasteiger partial charge in [-0.1, -0.05) is 24.3 Å². The van der Waals surface area contributed by atoms with Crippen molar-refractivity contribution < 1.29 is 27.4 Å². The molecule has 0 unspecified atom stereocenters. The van der Waals surface area contributed by atoms with E-state index in [9.17, 15) is 13.2 Å². The van der Waals surface area contributed by atoms with Crippen LogP contribution in [0, 0.1) is 6.92 Å². The summed E-state index contributed by atoms with van der Waals surface area (Å²) in [5.74, 6) is 1.10. The highest BCUT2D eigenvalue weighted by atomic mass is 32.2. The van der Waals surface area contributed by atoms with Gasteiger partial charge < -0.3 is 19.5 Å². The number of hydrogen-bond donors (Lipinski definition) is 1. The van der Waals surface area contributed by atoms with E-state index in [2.05, 4.69) is 5.32 Å². The zero-order valence-corrected chi connectivity index (χ0v) is 20.8. The minimum absolute atomic E-state index is 0.0910. The smallest absolute Gasteiger partial charge is 0.264 e. The van der Waals surface area contributed by atoms with Gasteiger partial charge in [-0.25, -0.2) is 8.42 Å². The van der Waals surface area contributed by atoms with Crippen molar-refractivity contribution >= 4 is 21.6 Å². The molecule has 1 heterocycles. The molecule has 1 N–H and O–H groups in total. The van der Waals surface area contributed by atoms with E-state index in [1.54, 1.807) is 31.4 Å². The summed E-state index contributed by atoms with van der Waals surface area (Å²) >= 11 is 0. The van der Waals surface area contributed by atoms with E-state index in [1.165, 1.54) is 23.5 Å². The second-order valence-electron chi connectivity index (χ2n) is 8.26. The minimum Gasteiger partial charge on any atom is -0.497 e. The van der Waals surface area contributed by atoms with Crippen molar-refractivity contribution in [3.63, 3.8) is 0 Å². The number of ether oxygens (including phenoxy) is 3. The monoisotopic (exact) mass is 496 g/mol. The molecule has 184 valence electrons. The van der Waals surface area contributed by atoms with Crippen molar-refractivity contribution in [3.8, 4) is 17.2 Å². The summed E-state index contributed by atoms with van der Waals surface area (Å²) in [7, 11) is -0.892. The van der Waals surface area contributed by atoms with Crippen LogP contribution >= 0.6 is 0 Å². The summed E-state index contributed by atoms with van der Waals surface area (Å²) in [6, 6.07) is 18.4. The van der Waals surface area contributed by atoms with Gasteiger partial charge in [-0.3, -0.25) is 9.10 Å². The van der Waals surface area contributed by atoms with Gasteiger partial charge in [-0.2, -0.15) is 0 Å². The van der Waals surface area contributed by atoms with Gasteiger partial charge in [0.05, 0.1) is 37.4 Å². The number of sulfonamides is 1. The molecule has 1 aliphatic rings. The van der Waals surface area contributed by atoms with E-state index in [0.29, 0.717) is 22.9 Å². The van der Waals surface area contributed by atoms with E-state index in [-0.39, 0.29) is 17.5 Å². The number of carbonyl (C=O) groups is 1. The maximum absolute atomic E-state index is 13.6. The summed E-state index contributed by atoms with van der Waals surface area (Å²) in [5, 5.41) is 2.93. The highest BCUT2D eigenvalue weighted by molar-refractivity contribution is 7.92. The number of carbonyl (C=O) groups excluding carboxylic acids is 1. The number of rotatable bonds is 7. The molecule has 1 amide bonds. The molecule has 0 bridgehead atoms. The van der Waals surface area contributed by atoms with Crippen molar-refractivity contribution in [2.75, 3.05) is 25.1 Å². The molecule has 35 heavy (non-hydrogen) atoms. The Balaban J connectivity index is 1.64. The molecule has 0 saturated carbocycles. The molecule has 9 heteroatoms. The van der Waals surface area contributed by atoms with Crippen LogP contribution in [0.2, 0.25) is 0 Å². The van der Waals surface area contributed by atoms with Crippen LogP contribution in [0.5, 0.6) is 17.2 Å². The molecule has 0 spiro atoms. The summed E-state index contributed by atoms with van der Waals surface area (Å²) in [6.45, 7) is 3.54. The number of anilines is 1. The van der Waals surface area contributed by atoms with Crippen molar-refractivity contribution in [1.29, 1.82) is 0 Å². The van der Waals surface area contributed by atoms with Crippen LogP contribution in [-0.4, -0.2) is 41.2 Å². The number of aryl methyl sites for hydroxylation is 1. The van der Waals surface area contributed by atoms with E-state index in [0.717, 1.165) is 11.1 Å². The molecule has 0 aromatic heterocycles. The van der Waals surface area contributed by atoms with Crippen LogP contribution < -0.4 is 23.8 Å².